The van der Waals surface area contributed by atoms with E-state index >= 15 is 0 Å². The molecule has 0 saturated carbocycles. The first-order valence-electron chi connectivity index (χ1n) is 10.00. The number of hydrogen-bond donors (Lipinski definition) is 1. The Morgan fingerprint density at radius 3 is 2.87 bits per heavy atom. The summed E-state index contributed by atoms with van der Waals surface area (Å²) in [6.07, 6.45) is 7.53. The zero-order valence-electron chi connectivity index (χ0n) is 16.4. The van der Waals surface area contributed by atoms with Crippen LogP contribution >= 0.6 is 11.6 Å². The van der Waals surface area contributed by atoms with Gasteiger partial charge in [0.2, 0.25) is 0 Å². The van der Waals surface area contributed by atoms with Crippen LogP contribution in [0.25, 0.3) is 16.3 Å². The van der Waals surface area contributed by atoms with Gasteiger partial charge >= 0.3 is 0 Å². The summed E-state index contributed by atoms with van der Waals surface area (Å²) in [7, 11) is 0. The van der Waals surface area contributed by atoms with Gasteiger partial charge in [-0.15, -0.1) is 0 Å². The highest BCUT2D eigenvalue weighted by Gasteiger charge is 2.36. The summed E-state index contributed by atoms with van der Waals surface area (Å²) in [5, 5.41) is 7.01. The molecule has 31 heavy (non-hydrogen) atoms. The van der Waals surface area contributed by atoms with Crippen LogP contribution in [0.15, 0.2) is 67.4 Å². The number of imidazole rings is 1. The lowest BCUT2D eigenvalue weighted by molar-refractivity contribution is 0.0689. The largest absolute Gasteiger partial charge is 0.348 e. The lowest BCUT2D eigenvalue weighted by atomic mass is 9.97. The first-order chi connectivity index (χ1) is 15.2. The van der Waals surface area contributed by atoms with Crippen molar-refractivity contribution in [3.8, 4) is 0 Å². The SMILES string of the molecule is O=C(c1cnn2cc(Cl)ccc12)N1CCc2[nH]cnc2[C@H]1c1cc2ccccc2cn1. The van der Waals surface area contributed by atoms with Crippen LogP contribution in [0.5, 0.6) is 0 Å². The molecule has 1 atom stereocenters. The van der Waals surface area contributed by atoms with E-state index in [0.29, 0.717) is 29.1 Å². The summed E-state index contributed by atoms with van der Waals surface area (Å²) in [5.41, 5.74) is 3.91. The summed E-state index contributed by atoms with van der Waals surface area (Å²) in [6, 6.07) is 13.3. The number of nitrogens with zero attached hydrogens (tertiary/aromatic N) is 5. The Balaban J connectivity index is 1.48. The van der Waals surface area contributed by atoms with E-state index in [0.717, 1.165) is 27.9 Å². The molecule has 1 aliphatic rings. The standard InChI is InChI=1S/C23H17ClN6O/c24-16-5-6-20-17(11-28-30(20)12-16)23(31)29-8-7-18-21(27-13-26-18)22(29)19-9-14-3-1-2-4-15(14)10-25-19/h1-6,9-13,22H,7-8H2,(H,26,27)/t22-/m1/s1. The van der Waals surface area contributed by atoms with E-state index in [4.69, 9.17) is 16.6 Å². The van der Waals surface area contributed by atoms with Gasteiger partial charge < -0.3 is 9.88 Å². The van der Waals surface area contributed by atoms with Crippen molar-refractivity contribution >= 4 is 33.8 Å². The van der Waals surface area contributed by atoms with E-state index in [9.17, 15) is 4.79 Å². The fraction of sp³-hybridized carbons (Fsp3) is 0.130. The number of pyridine rings is 2. The molecular formula is C23H17ClN6O. The van der Waals surface area contributed by atoms with Crippen molar-refractivity contribution in [2.75, 3.05) is 6.54 Å². The quantitative estimate of drug-likeness (QED) is 0.460. The maximum Gasteiger partial charge on any atom is 0.258 e. The highest BCUT2D eigenvalue weighted by molar-refractivity contribution is 6.30. The molecule has 4 aromatic heterocycles. The topological polar surface area (TPSA) is 79.2 Å². The van der Waals surface area contributed by atoms with Crippen LogP contribution in [0.1, 0.15) is 33.5 Å². The van der Waals surface area contributed by atoms with Crippen LogP contribution in [-0.2, 0) is 6.42 Å². The lowest BCUT2D eigenvalue weighted by Crippen LogP contribution is -2.41. The molecule has 1 N–H and O–H groups in total. The van der Waals surface area contributed by atoms with Crippen LogP contribution in [0.4, 0.5) is 0 Å². The van der Waals surface area contributed by atoms with Crippen LogP contribution in [0.2, 0.25) is 5.02 Å². The summed E-state index contributed by atoms with van der Waals surface area (Å²) < 4.78 is 1.63. The molecule has 0 unspecified atom stereocenters. The summed E-state index contributed by atoms with van der Waals surface area (Å²) in [4.78, 5) is 28.0. The Labute approximate surface area is 182 Å². The third-order valence-corrected chi connectivity index (χ3v) is 6.05. The number of hydrogen-bond acceptors (Lipinski definition) is 4. The lowest BCUT2D eigenvalue weighted by Gasteiger charge is -2.34. The van der Waals surface area contributed by atoms with Crippen molar-refractivity contribution in [2.45, 2.75) is 12.5 Å². The molecule has 1 aliphatic heterocycles. The Kier molecular flexibility index (Phi) is 4.04. The number of amides is 1. The van der Waals surface area contributed by atoms with Gasteiger partial charge in [-0.25, -0.2) is 9.50 Å². The summed E-state index contributed by atoms with van der Waals surface area (Å²) >= 11 is 6.07. The van der Waals surface area contributed by atoms with Crippen molar-refractivity contribution in [1.82, 2.24) is 29.5 Å². The fourth-order valence-electron chi connectivity index (χ4n) is 4.32. The van der Waals surface area contributed by atoms with Crippen LogP contribution in [0, 0.1) is 0 Å². The van der Waals surface area contributed by atoms with Crippen molar-refractivity contribution in [3.05, 3.63) is 95.1 Å². The van der Waals surface area contributed by atoms with E-state index in [2.05, 4.69) is 21.1 Å². The van der Waals surface area contributed by atoms with Gasteiger partial charge in [0, 0.05) is 36.4 Å². The van der Waals surface area contributed by atoms with Gasteiger partial charge in [0.25, 0.3) is 5.91 Å². The normalized spacial score (nSPS) is 16.0. The predicted octanol–water partition coefficient (Wildman–Crippen LogP) is 4.05. The Morgan fingerprint density at radius 2 is 1.97 bits per heavy atom. The van der Waals surface area contributed by atoms with Crippen LogP contribution in [0.3, 0.4) is 0 Å². The Morgan fingerprint density at radius 1 is 1.10 bits per heavy atom. The van der Waals surface area contributed by atoms with Gasteiger partial charge in [0.1, 0.15) is 6.04 Å². The zero-order chi connectivity index (χ0) is 20.9. The maximum absolute atomic E-state index is 13.7. The average molecular weight is 429 g/mol. The molecule has 0 saturated heterocycles. The minimum Gasteiger partial charge on any atom is -0.348 e. The number of nitrogens with one attached hydrogen (secondary N) is 1. The molecule has 0 bridgehead atoms. The van der Waals surface area contributed by atoms with E-state index in [1.54, 1.807) is 29.3 Å². The number of aromatic amines is 1. The molecule has 6 rings (SSSR count). The Bertz CT molecular complexity index is 1460. The van der Waals surface area contributed by atoms with Gasteiger partial charge in [-0.05, 0) is 23.6 Å². The average Bonchev–Trinajstić information content (AvgIpc) is 3.44. The van der Waals surface area contributed by atoms with Gasteiger partial charge in [0.05, 0.1) is 40.0 Å². The molecule has 152 valence electrons. The monoisotopic (exact) mass is 428 g/mol. The number of halogens is 1. The second-order valence-corrected chi connectivity index (χ2v) is 8.05. The van der Waals surface area contributed by atoms with E-state index in [-0.39, 0.29) is 11.9 Å². The molecule has 0 radical (unpaired) electrons. The smallest absolute Gasteiger partial charge is 0.258 e. The first kappa shape index (κ1) is 18.1. The van der Waals surface area contributed by atoms with Crippen molar-refractivity contribution in [1.29, 1.82) is 0 Å². The second kappa shape index (κ2) is 6.92. The fourth-order valence-corrected chi connectivity index (χ4v) is 4.48. The number of benzene rings is 1. The van der Waals surface area contributed by atoms with Gasteiger partial charge in [0.15, 0.2) is 0 Å². The van der Waals surface area contributed by atoms with Crippen LogP contribution in [-0.4, -0.2) is 41.9 Å². The Hall–Kier alpha value is -3.71. The summed E-state index contributed by atoms with van der Waals surface area (Å²) in [6.45, 7) is 0.554. The van der Waals surface area contributed by atoms with Crippen molar-refractivity contribution < 1.29 is 4.79 Å². The van der Waals surface area contributed by atoms with Gasteiger partial charge in [-0.3, -0.25) is 9.78 Å². The highest BCUT2D eigenvalue weighted by Crippen LogP contribution is 2.35. The summed E-state index contributed by atoms with van der Waals surface area (Å²) in [5.74, 6) is -0.106. The predicted molar refractivity (Wildman–Crippen MR) is 117 cm³/mol. The van der Waals surface area contributed by atoms with E-state index in [1.807, 2.05) is 41.4 Å². The number of carbonyl (C=O) groups excluding carboxylic acids is 1. The van der Waals surface area contributed by atoms with Crippen molar-refractivity contribution in [3.63, 3.8) is 0 Å². The molecule has 0 aliphatic carbocycles. The zero-order valence-corrected chi connectivity index (χ0v) is 17.1. The molecule has 5 heterocycles. The van der Waals surface area contributed by atoms with Gasteiger partial charge in [-0.2, -0.15) is 5.10 Å². The number of H-pyrrole nitrogens is 1. The minimum atomic E-state index is -0.380. The molecule has 1 aromatic carbocycles. The third-order valence-electron chi connectivity index (χ3n) is 5.83. The maximum atomic E-state index is 13.7. The number of aromatic nitrogens is 5. The molecule has 0 spiro atoms. The van der Waals surface area contributed by atoms with Crippen LogP contribution < -0.4 is 0 Å². The second-order valence-electron chi connectivity index (χ2n) is 7.61. The first-order valence-corrected chi connectivity index (χ1v) is 10.4. The number of fused-ring (bicyclic) bond motifs is 3. The molecule has 8 heteroatoms. The van der Waals surface area contributed by atoms with Crippen molar-refractivity contribution in [2.24, 2.45) is 0 Å². The molecule has 0 fully saturated rings. The highest BCUT2D eigenvalue weighted by atomic mass is 35.5. The molecular weight excluding hydrogens is 412 g/mol. The third kappa shape index (κ3) is 2.89. The molecule has 5 aromatic rings. The molecule has 1 amide bonds. The minimum absolute atomic E-state index is 0.106. The molecule has 7 nitrogen and oxygen atoms in total. The van der Waals surface area contributed by atoms with E-state index < -0.39 is 0 Å². The van der Waals surface area contributed by atoms with Gasteiger partial charge in [-0.1, -0.05) is 35.9 Å². The number of rotatable bonds is 2. The van der Waals surface area contributed by atoms with E-state index in [1.165, 1.54) is 0 Å². The number of carbonyl (C=O) groups is 1.